The molecule has 3 rings (SSSR count). The molecule has 22 heavy (non-hydrogen) atoms. The summed E-state index contributed by atoms with van der Waals surface area (Å²) in [4.78, 5) is 14.5. The molecule has 2 aromatic rings. The predicted octanol–water partition coefficient (Wildman–Crippen LogP) is 3.42. The Morgan fingerprint density at radius 1 is 1.50 bits per heavy atom. The van der Waals surface area contributed by atoms with Gasteiger partial charge in [0.05, 0.1) is 17.1 Å². The summed E-state index contributed by atoms with van der Waals surface area (Å²) < 4.78 is 7.31. The number of hydrogen-bond acceptors (Lipinski definition) is 4. The zero-order chi connectivity index (χ0) is 15.5. The Bertz CT molecular complexity index is 656. The second-order valence-electron chi connectivity index (χ2n) is 5.53. The van der Waals surface area contributed by atoms with Gasteiger partial charge in [-0.05, 0) is 37.8 Å². The minimum atomic E-state index is -0.0541. The maximum atomic E-state index is 12.5. The Kier molecular flexibility index (Phi) is 4.59. The fourth-order valence-corrected chi connectivity index (χ4v) is 3.80. The lowest BCUT2D eigenvalue weighted by atomic mass is 10.1. The quantitative estimate of drug-likeness (QED) is 0.939. The molecular weight excluding hydrogens is 298 g/mol. The van der Waals surface area contributed by atoms with Gasteiger partial charge in [-0.3, -0.25) is 4.79 Å². The van der Waals surface area contributed by atoms with Crippen molar-refractivity contribution < 1.29 is 9.53 Å². The van der Waals surface area contributed by atoms with E-state index in [9.17, 15) is 4.79 Å². The molecule has 0 radical (unpaired) electrons. The second-order valence-corrected chi connectivity index (χ2v) is 6.67. The van der Waals surface area contributed by atoms with Crippen molar-refractivity contribution in [3.63, 3.8) is 0 Å². The number of carbonyl (C=O) groups is 1. The third-order valence-electron chi connectivity index (χ3n) is 4.01. The molecule has 0 aromatic carbocycles. The van der Waals surface area contributed by atoms with Crippen LogP contribution in [0.25, 0.3) is 0 Å². The third-order valence-corrected chi connectivity index (χ3v) is 5.39. The monoisotopic (exact) mass is 319 g/mol. The van der Waals surface area contributed by atoms with Gasteiger partial charge in [-0.1, -0.05) is 6.92 Å². The van der Waals surface area contributed by atoms with Gasteiger partial charge in [0, 0.05) is 24.2 Å². The second kappa shape index (κ2) is 6.62. The highest BCUT2D eigenvalue weighted by molar-refractivity contribution is 7.14. The molecule has 0 atom stereocenters. The zero-order valence-corrected chi connectivity index (χ0v) is 13.8. The minimum absolute atomic E-state index is 0.0541. The van der Waals surface area contributed by atoms with Crippen molar-refractivity contribution in [2.45, 2.75) is 39.2 Å². The van der Waals surface area contributed by atoms with Gasteiger partial charge in [-0.15, -0.1) is 11.3 Å². The van der Waals surface area contributed by atoms with E-state index in [0.29, 0.717) is 6.04 Å². The summed E-state index contributed by atoms with van der Waals surface area (Å²) in [5.74, 6) is 0.711. The highest BCUT2D eigenvalue weighted by Gasteiger charge is 2.20. The van der Waals surface area contributed by atoms with Gasteiger partial charge in [-0.25, -0.2) is 4.68 Å². The summed E-state index contributed by atoms with van der Waals surface area (Å²) in [5.41, 5.74) is 1.19. The molecule has 1 aliphatic rings. The van der Waals surface area contributed by atoms with Gasteiger partial charge < -0.3 is 10.1 Å². The van der Waals surface area contributed by atoms with Crippen molar-refractivity contribution >= 4 is 23.1 Å². The van der Waals surface area contributed by atoms with Crippen molar-refractivity contribution in [1.29, 1.82) is 0 Å². The summed E-state index contributed by atoms with van der Waals surface area (Å²) in [5, 5.41) is 7.38. The summed E-state index contributed by atoms with van der Waals surface area (Å²) in [6, 6.07) is 4.12. The number of nitrogens with zero attached hydrogens (tertiary/aromatic N) is 2. The number of hydrogen-bond donors (Lipinski definition) is 1. The lowest BCUT2D eigenvalue weighted by Crippen LogP contribution is -2.23. The highest BCUT2D eigenvalue weighted by Crippen LogP contribution is 2.26. The highest BCUT2D eigenvalue weighted by atomic mass is 32.1. The van der Waals surface area contributed by atoms with Crippen molar-refractivity contribution in [3.05, 3.63) is 33.6 Å². The van der Waals surface area contributed by atoms with Crippen LogP contribution in [0.4, 0.5) is 5.82 Å². The molecule has 0 unspecified atom stereocenters. The molecule has 0 spiro atoms. The Morgan fingerprint density at radius 3 is 2.95 bits per heavy atom. The summed E-state index contributed by atoms with van der Waals surface area (Å²) in [7, 11) is 0. The maximum Gasteiger partial charge on any atom is 0.266 e. The molecule has 1 aliphatic heterocycles. The SMILES string of the molecule is CCc1sc(C(=O)Nc2ccnn2C2CCOCC2)cc1C. The summed E-state index contributed by atoms with van der Waals surface area (Å²) >= 11 is 1.57. The van der Waals surface area contributed by atoms with E-state index in [1.807, 2.05) is 16.8 Å². The molecule has 1 fully saturated rings. The smallest absolute Gasteiger partial charge is 0.266 e. The molecule has 6 heteroatoms. The molecule has 2 aromatic heterocycles. The van der Waals surface area contributed by atoms with Gasteiger partial charge in [0.1, 0.15) is 5.82 Å². The van der Waals surface area contributed by atoms with Crippen LogP contribution in [-0.4, -0.2) is 28.9 Å². The molecule has 5 nitrogen and oxygen atoms in total. The average Bonchev–Trinajstić information content (AvgIpc) is 3.14. The standard InChI is InChI=1S/C16H21N3O2S/c1-3-13-11(2)10-14(22-13)16(20)18-15-4-7-17-19(15)12-5-8-21-9-6-12/h4,7,10,12H,3,5-6,8-9H2,1-2H3,(H,18,20). The van der Waals surface area contributed by atoms with E-state index in [-0.39, 0.29) is 5.91 Å². The first-order valence-corrected chi connectivity index (χ1v) is 8.52. The Hall–Kier alpha value is -1.66. The fourth-order valence-electron chi connectivity index (χ4n) is 2.79. The normalized spacial score (nSPS) is 15.9. The van der Waals surface area contributed by atoms with Crippen LogP contribution in [-0.2, 0) is 11.2 Å². The van der Waals surface area contributed by atoms with Crippen molar-refractivity contribution in [3.8, 4) is 0 Å². The van der Waals surface area contributed by atoms with E-state index < -0.39 is 0 Å². The Morgan fingerprint density at radius 2 is 2.27 bits per heavy atom. The largest absolute Gasteiger partial charge is 0.381 e. The summed E-state index contributed by atoms with van der Waals surface area (Å²) in [6.45, 7) is 5.67. The van der Waals surface area contributed by atoms with Gasteiger partial charge in [0.15, 0.2) is 0 Å². The molecule has 0 bridgehead atoms. The van der Waals surface area contributed by atoms with Crippen LogP contribution in [0.2, 0.25) is 0 Å². The average molecular weight is 319 g/mol. The van der Waals surface area contributed by atoms with Crippen LogP contribution in [0.1, 0.15) is 45.9 Å². The lowest BCUT2D eigenvalue weighted by Gasteiger charge is -2.24. The lowest BCUT2D eigenvalue weighted by molar-refractivity contribution is 0.0668. The molecule has 1 saturated heterocycles. The van der Waals surface area contributed by atoms with Crippen molar-refractivity contribution in [1.82, 2.24) is 9.78 Å². The number of amides is 1. The molecule has 0 aliphatic carbocycles. The van der Waals surface area contributed by atoms with E-state index in [1.54, 1.807) is 17.5 Å². The molecule has 118 valence electrons. The van der Waals surface area contributed by atoms with E-state index in [1.165, 1.54) is 10.4 Å². The van der Waals surface area contributed by atoms with E-state index in [2.05, 4.69) is 24.3 Å². The summed E-state index contributed by atoms with van der Waals surface area (Å²) in [6.07, 6.45) is 4.57. The first kappa shape index (κ1) is 15.2. The number of thiophene rings is 1. The fraction of sp³-hybridized carbons (Fsp3) is 0.500. The van der Waals surface area contributed by atoms with E-state index in [0.717, 1.165) is 43.2 Å². The van der Waals surface area contributed by atoms with Crippen LogP contribution in [0.3, 0.4) is 0 Å². The molecule has 1 N–H and O–H groups in total. The Balaban J connectivity index is 1.75. The third kappa shape index (κ3) is 3.08. The van der Waals surface area contributed by atoms with Crippen molar-refractivity contribution in [2.75, 3.05) is 18.5 Å². The number of nitrogens with one attached hydrogen (secondary N) is 1. The number of carbonyl (C=O) groups excluding carboxylic acids is 1. The van der Waals surface area contributed by atoms with E-state index in [4.69, 9.17) is 4.74 Å². The first-order valence-electron chi connectivity index (χ1n) is 7.71. The molecule has 3 heterocycles. The number of rotatable bonds is 4. The molecule has 1 amide bonds. The van der Waals surface area contributed by atoms with Gasteiger partial charge in [0.2, 0.25) is 0 Å². The van der Waals surface area contributed by atoms with Gasteiger partial charge in [-0.2, -0.15) is 5.10 Å². The van der Waals surface area contributed by atoms with Crippen LogP contribution in [0, 0.1) is 6.92 Å². The van der Waals surface area contributed by atoms with Crippen LogP contribution >= 0.6 is 11.3 Å². The number of anilines is 1. The maximum absolute atomic E-state index is 12.5. The van der Waals surface area contributed by atoms with Gasteiger partial charge in [0.25, 0.3) is 5.91 Å². The zero-order valence-electron chi connectivity index (χ0n) is 13.0. The predicted molar refractivity (Wildman–Crippen MR) is 87.7 cm³/mol. The van der Waals surface area contributed by atoms with Crippen molar-refractivity contribution in [2.24, 2.45) is 0 Å². The van der Waals surface area contributed by atoms with Crippen LogP contribution < -0.4 is 5.32 Å². The topological polar surface area (TPSA) is 56.2 Å². The van der Waals surface area contributed by atoms with Crippen LogP contribution in [0.15, 0.2) is 18.3 Å². The molecular formula is C16H21N3O2S. The number of aromatic nitrogens is 2. The minimum Gasteiger partial charge on any atom is -0.381 e. The Labute approximate surface area is 134 Å². The van der Waals surface area contributed by atoms with E-state index >= 15 is 0 Å². The van der Waals surface area contributed by atoms with Crippen LogP contribution in [0.5, 0.6) is 0 Å². The first-order chi connectivity index (χ1) is 10.7. The number of ether oxygens (including phenoxy) is 1. The molecule has 0 saturated carbocycles. The van der Waals surface area contributed by atoms with Gasteiger partial charge >= 0.3 is 0 Å². The number of aryl methyl sites for hydroxylation is 2.